The monoisotopic (exact) mass is 339 g/mol. The van der Waals surface area contributed by atoms with Crippen LogP contribution in [0.1, 0.15) is 42.6 Å². The summed E-state index contributed by atoms with van der Waals surface area (Å²) in [5.41, 5.74) is 3.52. The van der Waals surface area contributed by atoms with Crippen molar-refractivity contribution in [1.82, 2.24) is 24.9 Å². The van der Waals surface area contributed by atoms with Gasteiger partial charge in [-0.1, -0.05) is 6.07 Å². The molecule has 2 aromatic heterocycles. The standard InChI is InChI=1S/C19H25N5O/c1-14(22-15(2)18-11-21-23(3)12-18)16-6-7-19(25-4)17(10-16)13-24-9-5-8-20-24/h5-12,14-15,22H,13H2,1-4H3/t14-,15-/m1/s1. The second-order valence-electron chi connectivity index (χ2n) is 6.33. The molecular weight excluding hydrogens is 314 g/mol. The van der Waals surface area contributed by atoms with Gasteiger partial charge in [0.1, 0.15) is 5.75 Å². The minimum absolute atomic E-state index is 0.206. The topological polar surface area (TPSA) is 56.9 Å². The second-order valence-corrected chi connectivity index (χ2v) is 6.33. The first-order chi connectivity index (χ1) is 12.1. The zero-order valence-corrected chi connectivity index (χ0v) is 15.2. The van der Waals surface area contributed by atoms with Crippen LogP contribution in [-0.4, -0.2) is 26.7 Å². The number of hydrogen-bond donors (Lipinski definition) is 1. The highest BCUT2D eigenvalue weighted by Gasteiger charge is 2.14. The molecule has 0 unspecified atom stereocenters. The Bertz CT molecular complexity index is 809. The van der Waals surface area contributed by atoms with Crippen molar-refractivity contribution in [2.75, 3.05) is 7.11 Å². The van der Waals surface area contributed by atoms with Crippen LogP contribution in [0, 0.1) is 0 Å². The van der Waals surface area contributed by atoms with E-state index in [1.165, 1.54) is 11.1 Å². The van der Waals surface area contributed by atoms with Crippen molar-refractivity contribution in [3.63, 3.8) is 0 Å². The van der Waals surface area contributed by atoms with Crippen molar-refractivity contribution in [1.29, 1.82) is 0 Å². The number of benzene rings is 1. The van der Waals surface area contributed by atoms with E-state index in [9.17, 15) is 0 Å². The molecule has 0 radical (unpaired) electrons. The van der Waals surface area contributed by atoms with Gasteiger partial charge in [-0.25, -0.2) is 0 Å². The van der Waals surface area contributed by atoms with Crippen LogP contribution in [0.5, 0.6) is 5.75 Å². The van der Waals surface area contributed by atoms with Crippen molar-refractivity contribution in [2.45, 2.75) is 32.5 Å². The smallest absolute Gasteiger partial charge is 0.123 e. The Hall–Kier alpha value is -2.60. The fraction of sp³-hybridized carbons (Fsp3) is 0.368. The molecule has 3 aromatic rings. The van der Waals surface area contributed by atoms with Crippen LogP contribution < -0.4 is 10.1 Å². The van der Waals surface area contributed by atoms with Gasteiger partial charge < -0.3 is 10.1 Å². The summed E-state index contributed by atoms with van der Waals surface area (Å²) in [5.74, 6) is 0.881. The summed E-state index contributed by atoms with van der Waals surface area (Å²) in [5, 5.41) is 12.2. The molecule has 2 atom stereocenters. The van der Waals surface area contributed by atoms with Gasteiger partial charge in [0.2, 0.25) is 0 Å². The van der Waals surface area contributed by atoms with Crippen LogP contribution in [-0.2, 0) is 13.6 Å². The second kappa shape index (κ2) is 7.53. The molecule has 0 bridgehead atoms. The lowest BCUT2D eigenvalue weighted by Crippen LogP contribution is -2.22. The summed E-state index contributed by atoms with van der Waals surface area (Å²) in [6.07, 6.45) is 7.69. The van der Waals surface area contributed by atoms with Gasteiger partial charge in [-0.2, -0.15) is 10.2 Å². The Morgan fingerprint density at radius 2 is 1.96 bits per heavy atom. The SMILES string of the molecule is COc1ccc([C@@H](C)N[C@H](C)c2cnn(C)c2)cc1Cn1cccn1. The Balaban J connectivity index is 1.76. The third-order valence-corrected chi connectivity index (χ3v) is 4.42. The van der Waals surface area contributed by atoms with Gasteiger partial charge >= 0.3 is 0 Å². The molecule has 0 saturated carbocycles. The quantitative estimate of drug-likeness (QED) is 0.719. The zero-order valence-electron chi connectivity index (χ0n) is 15.2. The summed E-state index contributed by atoms with van der Waals surface area (Å²) < 4.78 is 9.24. The molecule has 6 nitrogen and oxygen atoms in total. The maximum Gasteiger partial charge on any atom is 0.123 e. The molecule has 2 heterocycles. The molecule has 132 valence electrons. The van der Waals surface area contributed by atoms with Crippen molar-refractivity contribution in [3.05, 3.63) is 65.7 Å². The fourth-order valence-corrected chi connectivity index (χ4v) is 2.99. The highest BCUT2D eigenvalue weighted by atomic mass is 16.5. The Morgan fingerprint density at radius 3 is 2.60 bits per heavy atom. The number of ether oxygens (including phenoxy) is 1. The van der Waals surface area contributed by atoms with Gasteiger partial charge in [0.05, 0.1) is 19.9 Å². The summed E-state index contributed by atoms with van der Waals surface area (Å²) >= 11 is 0. The number of nitrogens with zero attached hydrogens (tertiary/aromatic N) is 4. The normalized spacial score (nSPS) is 13.6. The van der Waals surface area contributed by atoms with E-state index in [0.29, 0.717) is 6.54 Å². The first-order valence-electron chi connectivity index (χ1n) is 8.45. The Labute approximate surface area is 148 Å². The molecule has 3 rings (SSSR count). The molecule has 0 spiro atoms. The average molecular weight is 339 g/mol. The maximum absolute atomic E-state index is 5.51. The van der Waals surface area contributed by atoms with E-state index in [1.807, 2.05) is 47.1 Å². The number of nitrogens with one attached hydrogen (secondary N) is 1. The van der Waals surface area contributed by atoms with E-state index in [2.05, 4.69) is 41.5 Å². The van der Waals surface area contributed by atoms with Crippen molar-refractivity contribution >= 4 is 0 Å². The van der Waals surface area contributed by atoms with Crippen LogP contribution in [0.3, 0.4) is 0 Å². The molecular formula is C19H25N5O. The largest absolute Gasteiger partial charge is 0.496 e. The molecule has 0 amide bonds. The summed E-state index contributed by atoms with van der Waals surface area (Å²) in [6.45, 7) is 5.02. The molecule has 0 aliphatic heterocycles. The van der Waals surface area contributed by atoms with Crippen LogP contribution in [0.25, 0.3) is 0 Å². The highest BCUT2D eigenvalue weighted by Crippen LogP contribution is 2.26. The van der Waals surface area contributed by atoms with E-state index in [0.717, 1.165) is 11.3 Å². The van der Waals surface area contributed by atoms with Crippen LogP contribution in [0.4, 0.5) is 0 Å². The van der Waals surface area contributed by atoms with Crippen molar-refractivity contribution < 1.29 is 4.74 Å². The molecule has 0 fully saturated rings. The number of hydrogen-bond acceptors (Lipinski definition) is 4. The van der Waals surface area contributed by atoms with E-state index >= 15 is 0 Å². The van der Waals surface area contributed by atoms with Gasteiger partial charge in [0.25, 0.3) is 0 Å². The number of aromatic nitrogens is 4. The lowest BCUT2D eigenvalue weighted by atomic mass is 10.0. The predicted molar refractivity (Wildman–Crippen MR) is 97.5 cm³/mol. The van der Waals surface area contributed by atoms with Gasteiger partial charge in [-0.05, 0) is 37.6 Å². The Kier molecular flexibility index (Phi) is 5.19. The molecule has 0 saturated heterocycles. The number of aryl methyl sites for hydroxylation is 1. The van der Waals surface area contributed by atoms with Crippen LogP contribution >= 0.6 is 0 Å². The summed E-state index contributed by atoms with van der Waals surface area (Å²) in [4.78, 5) is 0. The van der Waals surface area contributed by atoms with E-state index in [4.69, 9.17) is 4.74 Å². The van der Waals surface area contributed by atoms with Crippen molar-refractivity contribution in [2.24, 2.45) is 7.05 Å². The summed E-state index contributed by atoms with van der Waals surface area (Å²) in [6, 6.07) is 8.68. The first kappa shape index (κ1) is 17.2. The molecule has 1 N–H and O–H groups in total. The maximum atomic E-state index is 5.51. The van der Waals surface area contributed by atoms with Gasteiger partial charge in [-0.15, -0.1) is 0 Å². The molecule has 25 heavy (non-hydrogen) atoms. The van der Waals surface area contributed by atoms with Crippen LogP contribution in [0.2, 0.25) is 0 Å². The van der Waals surface area contributed by atoms with E-state index < -0.39 is 0 Å². The third kappa shape index (κ3) is 4.09. The molecule has 0 aliphatic rings. The van der Waals surface area contributed by atoms with Gasteiger partial charge in [0, 0.05) is 48.8 Å². The lowest BCUT2D eigenvalue weighted by molar-refractivity contribution is 0.406. The molecule has 1 aromatic carbocycles. The molecule has 0 aliphatic carbocycles. The number of rotatable bonds is 7. The zero-order chi connectivity index (χ0) is 17.8. The van der Waals surface area contributed by atoms with Crippen LogP contribution in [0.15, 0.2) is 49.1 Å². The number of methoxy groups -OCH3 is 1. The lowest BCUT2D eigenvalue weighted by Gasteiger charge is -2.21. The minimum Gasteiger partial charge on any atom is -0.496 e. The average Bonchev–Trinajstić information content (AvgIpc) is 3.26. The minimum atomic E-state index is 0.206. The summed E-state index contributed by atoms with van der Waals surface area (Å²) in [7, 11) is 3.64. The highest BCUT2D eigenvalue weighted by molar-refractivity contribution is 5.38. The van der Waals surface area contributed by atoms with Gasteiger partial charge in [0.15, 0.2) is 0 Å². The first-order valence-corrected chi connectivity index (χ1v) is 8.45. The van der Waals surface area contributed by atoms with Gasteiger partial charge in [-0.3, -0.25) is 9.36 Å². The third-order valence-electron chi connectivity index (χ3n) is 4.42. The van der Waals surface area contributed by atoms with Crippen molar-refractivity contribution in [3.8, 4) is 5.75 Å². The Morgan fingerprint density at radius 1 is 1.16 bits per heavy atom. The molecule has 6 heteroatoms. The van der Waals surface area contributed by atoms with E-state index in [-0.39, 0.29) is 12.1 Å². The fourth-order valence-electron chi connectivity index (χ4n) is 2.99. The predicted octanol–water partition coefficient (Wildman–Crippen LogP) is 3.09. The van der Waals surface area contributed by atoms with E-state index in [1.54, 1.807) is 13.3 Å².